The highest BCUT2D eigenvalue weighted by molar-refractivity contribution is 9.10. The molecule has 3 rings (SSSR count). The molecule has 0 saturated heterocycles. The predicted octanol–water partition coefficient (Wildman–Crippen LogP) is 6.01. The van der Waals surface area contributed by atoms with Crippen LogP contribution in [0.25, 0.3) is 0 Å². The molecule has 0 unspecified atom stereocenters. The van der Waals surface area contributed by atoms with Crippen LogP contribution in [0, 0.1) is 13.8 Å². The molecule has 202 valence electrons. The SMILES string of the molecule is CCCCNC(=O)[C@@H](Cc1ccccc1)N(Cc1cccc(OC)c1)C(=O)COc1cc(C)c(Br)c(C)c1. The summed E-state index contributed by atoms with van der Waals surface area (Å²) < 4.78 is 12.4. The highest BCUT2D eigenvalue weighted by Gasteiger charge is 2.30. The number of carbonyl (C=O) groups is 2. The number of benzene rings is 3. The van der Waals surface area contributed by atoms with E-state index in [1.807, 2.05) is 80.6 Å². The van der Waals surface area contributed by atoms with Crippen LogP contribution in [0.15, 0.2) is 71.2 Å². The third-order valence-electron chi connectivity index (χ3n) is 6.36. The van der Waals surface area contributed by atoms with Crippen molar-refractivity contribution in [1.29, 1.82) is 0 Å². The fourth-order valence-corrected chi connectivity index (χ4v) is 4.47. The first-order valence-corrected chi connectivity index (χ1v) is 13.7. The molecule has 7 heteroatoms. The molecule has 2 amide bonds. The van der Waals surface area contributed by atoms with Crippen molar-refractivity contribution in [2.24, 2.45) is 0 Å². The predicted molar refractivity (Wildman–Crippen MR) is 155 cm³/mol. The van der Waals surface area contributed by atoms with Crippen LogP contribution < -0.4 is 14.8 Å². The first kappa shape index (κ1) is 29.2. The van der Waals surface area contributed by atoms with Crippen molar-refractivity contribution in [3.8, 4) is 11.5 Å². The molecule has 0 aliphatic carbocycles. The number of unbranched alkanes of at least 4 members (excludes halogenated alkanes) is 1. The number of hydrogen-bond donors (Lipinski definition) is 1. The van der Waals surface area contributed by atoms with Gasteiger partial charge < -0.3 is 19.7 Å². The molecule has 3 aromatic carbocycles. The van der Waals surface area contributed by atoms with Crippen molar-refractivity contribution in [2.75, 3.05) is 20.3 Å². The van der Waals surface area contributed by atoms with Gasteiger partial charge in [-0.2, -0.15) is 0 Å². The molecular weight excluding hydrogens is 544 g/mol. The molecule has 0 saturated carbocycles. The zero-order chi connectivity index (χ0) is 27.5. The summed E-state index contributed by atoms with van der Waals surface area (Å²) in [5, 5.41) is 3.04. The number of nitrogens with one attached hydrogen (secondary N) is 1. The first-order valence-electron chi connectivity index (χ1n) is 13.0. The van der Waals surface area contributed by atoms with E-state index < -0.39 is 6.04 Å². The smallest absolute Gasteiger partial charge is 0.261 e. The minimum absolute atomic E-state index is 0.172. The topological polar surface area (TPSA) is 67.9 Å². The van der Waals surface area contributed by atoms with Crippen molar-refractivity contribution in [2.45, 2.75) is 52.6 Å². The Hall–Kier alpha value is -3.32. The second kappa shape index (κ2) is 14.6. The van der Waals surface area contributed by atoms with Crippen LogP contribution in [-0.4, -0.2) is 43.0 Å². The van der Waals surface area contributed by atoms with Crippen molar-refractivity contribution < 1.29 is 19.1 Å². The molecule has 1 atom stereocenters. The zero-order valence-electron chi connectivity index (χ0n) is 22.6. The van der Waals surface area contributed by atoms with Crippen LogP contribution in [0.4, 0.5) is 0 Å². The van der Waals surface area contributed by atoms with E-state index in [4.69, 9.17) is 9.47 Å². The zero-order valence-corrected chi connectivity index (χ0v) is 24.2. The van der Waals surface area contributed by atoms with Crippen LogP contribution in [0.5, 0.6) is 11.5 Å². The van der Waals surface area contributed by atoms with E-state index in [9.17, 15) is 9.59 Å². The molecule has 6 nitrogen and oxygen atoms in total. The number of hydrogen-bond acceptors (Lipinski definition) is 4. The highest BCUT2D eigenvalue weighted by atomic mass is 79.9. The minimum atomic E-state index is -0.704. The van der Waals surface area contributed by atoms with Crippen LogP contribution in [-0.2, 0) is 22.6 Å². The molecule has 0 fully saturated rings. The second-order valence-electron chi connectivity index (χ2n) is 9.38. The van der Waals surface area contributed by atoms with E-state index in [1.165, 1.54) is 0 Å². The lowest BCUT2D eigenvalue weighted by Crippen LogP contribution is -2.51. The Bertz CT molecular complexity index is 1190. The highest BCUT2D eigenvalue weighted by Crippen LogP contribution is 2.26. The molecule has 0 aromatic heterocycles. The summed E-state index contributed by atoms with van der Waals surface area (Å²) in [6.45, 7) is 6.67. The molecule has 0 spiro atoms. The maximum absolute atomic E-state index is 13.8. The van der Waals surface area contributed by atoms with Crippen molar-refractivity contribution in [3.63, 3.8) is 0 Å². The number of amides is 2. The molecule has 0 bridgehead atoms. The summed E-state index contributed by atoms with van der Waals surface area (Å²) in [6.07, 6.45) is 2.24. The van der Waals surface area contributed by atoms with E-state index in [2.05, 4.69) is 28.2 Å². The number of rotatable bonds is 13. The number of ether oxygens (including phenoxy) is 2. The number of halogens is 1. The summed E-state index contributed by atoms with van der Waals surface area (Å²) in [7, 11) is 1.61. The molecule has 3 aromatic rings. The van der Waals surface area contributed by atoms with Crippen LogP contribution in [0.2, 0.25) is 0 Å². The average molecular weight is 582 g/mol. The average Bonchev–Trinajstić information content (AvgIpc) is 2.92. The second-order valence-corrected chi connectivity index (χ2v) is 10.2. The lowest BCUT2D eigenvalue weighted by atomic mass is 10.0. The fourth-order valence-electron chi connectivity index (χ4n) is 4.25. The first-order chi connectivity index (χ1) is 18.3. The van der Waals surface area contributed by atoms with Gasteiger partial charge in [-0.1, -0.05) is 71.7 Å². The van der Waals surface area contributed by atoms with Gasteiger partial charge in [-0.25, -0.2) is 0 Å². The Balaban J connectivity index is 1.92. The lowest BCUT2D eigenvalue weighted by molar-refractivity contribution is -0.142. The van der Waals surface area contributed by atoms with Gasteiger partial charge in [0, 0.05) is 24.0 Å². The molecule has 0 radical (unpaired) electrons. The maximum Gasteiger partial charge on any atom is 0.261 e. The fraction of sp³-hybridized carbons (Fsp3) is 0.355. The third-order valence-corrected chi connectivity index (χ3v) is 7.61. The van der Waals surface area contributed by atoms with Crippen molar-refractivity contribution in [3.05, 3.63) is 93.5 Å². The Morgan fingerprint density at radius 2 is 1.63 bits per heavy atom. The maximum atomic E-state index is 13.8. The van der Waals surface area contributed by atoms with E-state index in [0.717, 1.165) is 39.6 Å². The van der Waals surface area contributed by atoms with Gasteiger partial charge in [0.25, 0.3) is 5.91 Å². The Labute approximate surface area is 234 Å². The minimum Gasteiger partial charge on any atom is -0.497 e. The molecule has 0 aliphatic rings. The van der Waals surface area contributed by atoms with E-state index in [-0.39, 0.29) is 25.0 Å². The van der Waals surface area contributed by atoms with Crippen LogP contribution in [0.3, 0.4) is 0 Å². The molecule has 0 aliphatic heterocycles. The van der Waals surface area contributed by atoms with Gasteiger partial charge in [-0.05, 0) is 66.8 Å². The van der Waals surface area contributed by atoms with Gasteiger partial charge in [0.15, 0.2) is 6.61 Å². The Kier molecular flexibility index (Phi) is 11.2. The summed E-state index contributed by atoms with van der Waals surface area (Å²) >= 11 is 3.57. The molecule has 38 heavy (non-hydrogen) atoms. The summed E-state index contributed by atoms with van der Waals surface area (Å²) in [5.74, 6) is 0.871. The lowest BCUT2D eigenvalue weighted by Gasteiger charge is -2.31. The Morgan fingerprint density at radius 3 is 2.29 bits per heavy atom. The van der Waals surface area contributed by atoms with Crippen LogP contribution >= 0.6 is 15.9 Å². The number of methoxy groups -OCH3 is 1. The standard InChI is InChI=1S/C31H37BrN2O4/c1-5-6-15-33-31(36)28(19-24-11-8-7-9-12-24)34(20-25-13-10-14-26(18-25)37-4)29(35)21-38-27-16-22(2)30(32)23(3)17-27/h7-14,16-18,28H,5-6,15,19-21H2,1-4H3,(H,33,36)/t28-/m1/s1. The monoisotopic (exact) mass is 580 g/mol. The normalized spacial score (nSPS) is 11.5. The number of aryl methyl sites for hydroxylation is 2. The van der Waals surface area contributed by atoms with Gasteiger partial charge in [-0.15, -0.1) is 0 Å². The van der Waals surface area contributed by atoms with E-state index in [0.29, 0.717) is 24.5 Å². The Morgan fingerprint density at radius 1 is 0.947 bits per heavy atom. The van der Waals surface area contributed by atoms with Crippen molar-refractivity contribution in [1.82, 2.24) is 10.2 Å². The molecule has 1 N–H and O–H groups in total. The number of carbonyl (C=O) groups excluding carboxylic acids is 2. The van der Waals surface area contributed by atoms with E-state index in [1.54, 1.807) is 12.0 Å². The summed E-state index contributed by atoms with van der Waals surface area (Å²) in [5.41, 5.74) is 3.90. The van der Waals surface area contributed by atoms with Gasteiger partial charge in [0.1, 0.15) is 17.5 Å². The number of nitrogens with zero attached hydrogens (tertiary/aromatic N) is 1. The van der Waals surface area contributed by atoms with Crippen molar-refractivity contribution >= 4 is 27.7 Å². The van der Waals surface area contributed by atoms with Gasteiger partial charge in [-0.3, -0.25) is 9.59 Å². The molecule has 0 heterocycles. The van der Waals surface area contributed by atoms with Gasteiger partial charge in [0.05, 0.1) is 7.11 Å². The quantitative estimate of drug-likeness (QED) is 0.251. The summed E-state index contributed by atoms with van der Waals surface area (Å²) in [6, 6.07) is 20.4. The van der Waals surface area contributed by atoms with E-state index >= 15 is 0 Å². The van der Waals surface area contributed by atoms with Crippen LogP contribution in [0.1, 0.15) is 42.0 Å². The molecular formula is C31H37BrN2O4. The van der Waals surface area contributed by atoms with Gasteiger partial charge >= 0.3 is 0 Å². The summed E-state index contributed by atoms with van der Waals surface area (Å²) in [4.78, 5) is 28.9. The third kappa shape index (κ3) is 8.35. The van der Waals surface area contributed by atoms with Gasteiger partial charge in [0.2, 0.25) is 5.91 Å². The largest absolute Gasteiger partial charge is 0.497 e.